The number of hydrogen-bond acceptors (Lipinski definition) is 5. The summed E-state index contributed by atoms with van der Waals surface area (Å²) in [7, 11) is 1.69. The lowest BCUT2D eigenvalue weighted by Gasteiger charge is -2.26. The molecule has 8 aromatic carbocycles. The van der Waals surface area contributed by atoms with Gasteiger partial charge in [0.15, 0.2) is 5.78 Å². The summed E-state index contributed by atoms with van der Waals surface area (Å²) < 4.78 is 11.7. The van der Waals surface area contributed by atoms with Gasteiger partial charge in [-0.1, -0.05) is 92.2 Å². The van der Waals surface area contributed by atoms with Crippen molar-refractivity contribution in [3.8, 4) is 28.4 Å². The highest BCUT2D eigenvalue weighted by Gasteiger charge is 2.16. The summed E-state index contributed by atoms with van der Waals surface area (Å²) in [5.41, 5.74) is 13.6. The van der Waals surface area contributed by atoms with Crippen LogP contribution in [0.4, 0.5) is 34.1 Å². The Balaban J connectivity index is 1.02. The lowest BCUT2D eigenvalue weighted by Crippen LogP contribution is -2.10. The topological polar surface area (TPSA) is 42.0 Å². The van der Waals surface area contributed by atoms with E-state index in [1.165, 1.54) is 11.1 Å². The van der Waals surface area contributed by atoms with Gasteiger partial charge in [0.05, 0.1) is 7.11 Å². The molecule has 5 heteroatoms. The molecular formula is C55H48N2O3. The Morgan fingerprint density at radius 2 is 0.700 bits per heavy atom. The van der Waals surface area contributed by atoms with E-state index >= 15 is 0 Å². The third-order valence-corrected chi connectivity index (χ3v) is 10.9. The molecule has 0 aliphatic carbocycles. The minimum Gasteiger partial charge on any atom is -0.497 e. The number of carbonyl (C=O) groups excluding carboxylic acids is 1. The Hall–Kier alpha value is -7.37. The Kier molecular flexibility index (Phi) is 11.9. The van der Waals surface area contributed by atoms with Gasteiger partial charge in [0, 0.05) is 45.3 Å². The van der Waals surface area contributed by atoms with E-state index in [1.807, 2.05) is 79.7 Å². The quantitative estimate of drug-likeness (QED) is 0.103. The number of hydrogen-bond donors (Lipinski definition) is 0. The monoisotopic (exact) mass is 784 g/mol. The highest BCUT2D eigenvalue weighted by atomic mass is 16.5. The fourth-order valence-electron chi connectivity index (χ4n) is 7.34. The standard InChI is InChI=1S/C55H48N2O3/c1-5-40-9-21-46(22-10-40)56(50-29-35-52(59-4)36-30-50)48-25-15-42(16-26-48)43-17-27-49(28-18-43)57(47-23-11-41(6-2)12-24-47)51-31-37-54(38-32-51)60-53-33-19-45(20-34-53)55(58)44-13-7-39(3)8-14-44/h7-38H,5-6H2,1-4H3. The molecular weight excluding hydrogens is 737 g/mol. The van der Waals surface area contributed by atoms with Crippen LogP contribution in [0, 0.1) is 6.92 Å². The van der Waals surface area contributed by atoms with Crippen LogP contribution in [0.1, 0.15) is 46.5 Å². The summed E-state index contributed by atoms with van der Waals surface area (Å²) in [6.07, 6.45) is 1.97. The van der Waals surface area contributed by atoms with Gasteiger partial charge >= 0.3 is 0 Å². The Bertz CT molecular complexity index is 2590. The van der Waals surface area contributed by atoms with E-state index in [0.717, 1.165) is 69.4 Å². The van der Waals surface area contributed by atoms with Crippen molar-refractivity contribution < 1.29 is 14.3 Å². The Morgan fingerprint density at radius 3 is 1.05 bits per heavy atom. The molecule has 0 aromatic heterocycles. The van der Waals surface area contributed by atoms with E-state index in [4.69, 9.17) is 9.47 Å². The fraction of sp³-hybridized carbons (Fsp3) is 0.109. The van der Waals surface area contributed by atoms with Crippen LogP contribution < -0.4 is 19.3 Å². The first-order chi connectivity index (χ1) is 29.4. The number of carbonyl (C=O) groups is 1. The molecule has 0 atom stereocenters. The summed E-state index contributed by atoms with van der Waals surface area (Å²) in [6.45, 7) is 6.36. The van der Waals surface area contributed by atoms with Gasteiger partial charge in [-0.3, -0.25) is 4.79 Å². The van der Waals surface area contributed by atoms with Gasteiger partial charge < -0.3 is 19.3 Å². The first-order valence-electron chi connectivity index (χ1n) is 20.5. The number of ether oxygens (including phenoxy) is 2. The van der Waals surface area contributed by atoms with Crippen LogP contribution in [-0.2, 0) is 12.8 Å². The normalized spacial score (nSPS) is 10.9. The van der Waals surface area contributed by atoms with Gasteiger partial charge in [0.2, 0.25) is 0 Å². The number of nitrogens with zero attached hydrogens (tertiary/aromatic N) is 2. The van der Waals surface area contributed by atoms with Gasteiger partial charge in [-0.15, -0.1) is 0 Å². The number of ketones is 1. The highest BCUT2D eigenvalue weighted by Crippen LogP contribution is 2.39. The molecule has 5 nitrogen and oxygen atoms in total. The number of rotatable bonds is 14. The van der Waals surface area contributed by atoms with Crippen LogP contribution in [0.5, 0.6) is 17.2 Å². The van der Waals surface area contributed by atoms with Gasteiger partial charge in [-0.25, -0.2) is 0 Å². The second-order valence-electron chi connectivity index (χ2n) is 14.8. The van der Waals surface area contributed by atoms with Gasteiger partial charge in [-0.05, 0) is 163 Å². The summed E-state index contributed by atoms with van der Waals surface area (Å²) in [4.78, 5) is 17.5. The van der Waals surface area contributed by atoms with Crippen molar-refractivity contribution in [2.24, 2.45) is 0 Å². The van der Waals surface area contributed by atoms with Gasteiger partial charge in [-0.2, -0.15) is 0 Å². The lowest BCUT2D eigenvalue weighted by molar-refractivity contribution is 0.103. The van der Waals surface area contributed by atoms with Crippen LogP contribution in [0.25, 0.3) is 11.1 Å². The second-order valence-corrected chi connectivity index (χ2v) is 14.8. The molecule has 0 radical (unpaired) electrons. The van der Waals surface area contributed by atoms with Gasteiger partial charge in [0.1, 0.15) is 17.2 Å². The third kappa shape index (κ3) is 8.86. The number of methoxy groups -OCH3 is 1. The highest BCUT2D eigenvalue weighted by molar-refractivity contribution is 6.09. The molecule has 0 fully saturated rings. The van der Waals surface area contributed by atoms with Crippen molar-refractivity contribution in [2.45, 2.75) is 33.6 Å². The van der Waals surface area contributed by atoms with E-state index in [-0.39, 0.29) is 5.78 Å². The van der Waals surface area contributed by atoms with Crippen molar-refractivity contribution in [1.29, 1.82) is 0 Å². The number of anilines is 6. The zero-order chi connectivity index (χ0) is 41.4. The minimum atomic E-state index is -0.00906. The predicted octanol–water partition coefficient (Wildman–Crippen LogP) is 14.8. The molecule has 0 unspecified atom stereocenters. The van der Waals surface area contributed by atoms with Crippen molar-refractivity contribution in [3.63, 3.8) is 0 Å². The first-order valence-corrected chi connectivity index (χ1v) is 20.5. The van der Waals surface area contributed by atoms with Crippen LogP contribution in [0.3, 0.4) is 0 Å². The SMILES string of the molecule is CCc1ccc(N(c2ccc(OC)cc2)c2ccc(-c3ccc(N(c4ccc(CC)cc4)c4ccc(Oc5ccc(C(=O)c6ccc(C)cc6)cc5)cc4)cc3)cc2)cc1. The molecule has 0 amide bonds. The molecule has 0 saturated heterocycles. The molecule has 8 rings (SSSR count). The van der Waals surface area contributed by atoms with E-state index in [9.17, 15) is 4.79 Å². The maximum absolute atomic E-state index is 13.0. The zero-order valence-corrected chi connectivity index (χ0v) is 34.5. The largest absolute Gasteiger partial charge is 0.497 e. The van der Waals surface area contributed by atoms with Crippen LogP contribution in [0.15, 0.2) is 194 Å². The van der Waals surface area contributed by atoms with Crippen LogP contribution >= 0.6 is 0 Å². The zero-order valence-electron chi connectivity index (χ0n) is 34.5. The van der Waals surface area contributed by atoms with Crippen LogP contribution in [0.2, 0.25) is 0 Å². The average Bonchev–Trinajstić information content (AvgIpc) is 3.31. The maximum atomic E-state index is 13.0. The Labute approximate surface area is 353 Å². The summed E-state index contributed by atoms with van der Waals surface area (Å²) in [5.74, 6) is 2.19. The molecule has 0 aliphatic rings. The van der Waals surface area contributed by atoms with Crippen molar-refractivity contribution in [3.05, 3.63) is 222 Å². The smallest absolute Gasteiger partial charge is 0.193 e. The molecule has 60 heavy (non-hydrogen) atoms. The van der Waals surface area contributed by atoms with E-state index in [1.54, 1.807) is 7.11 Å². The summed E-state index contributed by atoms with van der Waals surface area (Å²) >= 11 is 0. The molecule has 0 aliphatic heterocycles. The van der Waals surface area contributed by atoms with Crippen LogP contribution in [-0.4, -0.2) is 12.9 Å². The minimum absolute atomic E-state index is 0.00906. The summed E-state index contributed by atoms with van der Waals surface area (Å²) in [5, 5.41) is 0. The lowest BCUT2D eigenvalue weighted by atomic mass is 10.0. The molecule has 0 N–H and O–H groups in total. The number of benzene rings is 8. The fourth-order valence-corrected chi connectivity index (χ4v) is 7.34. The summed E-state index contributed by atoms with van der Waals surface area (Å²) in [6, 6.07) is 66.3. The number of aryl methyl sites for hydroxylation is 3. The maximum Gasteiger partial charge on any atom is 0.193 e. The Morgan fingerprint density at radius 1 is 0.400 bits per heavy atom. The third-order valence-electron chi connectivity index (χ3n) is 10.9. The van der Waals surface area contributed by atoms with Crippen molar-refractivity contribution >= 4 is 39.9 Å². The van der Waals surface area contributed by atoms with E-state index in [2.05, 4.69) is 145 Å². The van der Waals surface area contributed by atoms with Gasteiger partial charge in [0.25, 0.3) is 0 Å². The molecule has 0 bridgehead atoms. The predicted molar refractivity (Wildman–Crippen MR) is 248 cm³/mol. The molecule has 0 saturated carbocycles. The molecule has 0 heterocycles. The van der Waals surface area contributed by atoms with Crippen molar-refractivity contribution in [1.82, 2.24) is 0 Å². The van der Waals surface area contributed by atoms with E-state index in [0.29, 0.717) is 22.6 Å². The second kappa shape index (κ2) is 18.0. The van der Waals surface area contributed by atoms with Crippen molar-refractivity contribution in [2.75, 3.05) is 16.9 Å². The first kappa shape index (κ1) is 39.5. The molecule has 296 valence electrons. The van der Waals surface area contributed by atoms with E-state index < -0.39 is 0 Å². The molecule has 0 spiro atoms. The molecule has 8 aromatic rings. The average molecular weight is 785 g/mol.